The van der Waals surface area contributed by atoms with Crippen molar-refractivity contribution < 1.29 is 19.1 Å². The highest BCUT2D eigenvalue weighted by atomic mass is 16.5. The third-order valence-corrected chi connectivity index (χ3v) is 4.43. The van der Waals surface area contributed by atoms with Crippen molar-refractivity contribution in [3.63, 3.8) is 0 Å². The molecule has 2 aromatic rings. The lowest BCUT2D eigenvalue weighted by molar-refractivity contribution is -0.139. The van der Waals surface area contributed by atoms with Crippen LogP contribution in [0.25, 0.3) is 0 Å². The van der Waals surface area contributed by atoms with E-state index in [9.17, 15) is 14.4 Å². The summed E-state index contributed by atoms with van der Waals surface area (Å²) in [4.78, 5) is 37.7. The van der Waals surface area contributed by atoms with Crippen molar-refractivity contribution in [3.8, 4) is 5.75 Å². The van der Waals surface area contributed by atoms with Gasteiger partial charge >= 0.3 is 0 Å². The number of Topliss-reactive ketones (excluding diaryl/α,β-unsaturated/α-hetero) is 1. The van der Waals surface area contributed by atoms with E-state index < -0.39 is 23.6 Å². The standard InChI is InChI=1S/C24H28N2O4/c1-3-5-16-30-21-15-10-9-14-19(21)23(28)26-20(11-4-2)22(27)24(29)25-17-18-12-7-6-8-13-18/h4,6-10,12-15,20H,2-3,5,11,16-17H2,1H3,(H,25,29)(H,26,28)/t20-/m0/s1. The molecular weight excluding hydrogens is 380 g/mol. The minimum absolute atomic E-state index is 0.141. The maximum absolute atomic E-state index is 12.8. The fraction of sp³-hybridized carbons (Fsp3) is 0.292. The van der Waals surface area contributed by atoms with E-state index in [-0.39, 0.29) is 13.0 Å². The van der Waals surface area contributed by atoms with Crippen molar-refractivity contribution in [3.05, 3.63) is 78.4 Å². The molecule has 2 amide bonds. The lowest BCUT2D eigenvalue weighted by atomic mass is 10.1. The first-order valence-corrected chi connectivity index (χ1v) is 10.1. The highest BCUT2D eigenvalue weighted by Crippen LogP contribution is 2.18. The van der Waals surface area contributed by atoms with Gasteiger partial charge in [0.25, 0.3) is 11.8 Å². The second kappa shape index (κ2) is 12.2. The SMILES string of the molecule is C=CC[C@H](NC(=O)c1ccccc1OCCCC)C(=O)C(=O)NCc1ccccc1. The predicted molar refractivity (Wildman–Crippen MR) is 116 cm³/mol. The molecule has 0 radical (unpaired) electrons. The highest BCUT2D eigenvalue weighted by molar-refractivity contribution is 6.38. The molecule has 6 nitrogen and oxygen atoms in total. The van der Waals surface area contributed by atoms with Gasteiger partial charge in [-0.15, -0.1) is 6.58 Å². The average molecular weight is 408 g/mol. The minimum atomic E-state index is -1.01. The Labute approximate surface area is 177 Å². The first-order valence-electron chi connectivity index (χ1n) is 10.1. The molecule has 0 heterocycles. The third-order valence-electron chi connectivity index (χ3n) is 4.43. The van der Waals surface area contributed by atoms with Gasteiger partial charge < -0.3 is 15.4 Å². The maximum atomic E-state index is 12.8. The zero-order valence-corrected chi connectivity index (χ0v) is 17.2. The number of carbonyl (C=O) groups is 3. The fourth-order valence-electron chi connectivity index (χ4n) is 2.76. The summed E-state index contributed by atoms with van der Waals surface area (Å²) < 4.78 is 5.69. The summed E-state index contributed by atoms with van der Waals surface area (Å²) in [5.74, 6) is -1.50. The van der Waals surface area contributed by atoms with Crippen LogP contribution in [0.5, 0.6) is 5.75 Å². The molecule has 0 aliphatic heterocycles. The first kappa shape index (κ1) is 22.9. The molecule has 0 fully saturated rings. The maximum Gasteiger partial charge on any atom is 0.289 e. The van der Waals surface area contributed by atoms with Gasteiger partial charge in [-0.3, -0.25) is 14.4 Å². The lowest BCUT2D eigenvalue weighted by Gasteiger charge is -2.17. The van der Waals surface area contributed by atoms with Crippen molar-refractivity contribution >= 4 is 17.6 Å². The van der Waals surface area contributed by atoms with E-state index in [1.54, 1.807) is 24.3 Å². The van der Waals surface area contributed by atoms with Gasteiger partial charge in [0.2, 0.25) is 5.78 Å². The summed E-state index contributed by atoms with van der Waals surface area (Å²) in [5, 5.41) is 5.24. The number of rotatable bonds is 12. The first-order chi connectivity index (χ1) is 14.6. The molecule has 6 heteroatoms. The molecule has 0 spiro atoms. The second-order valence-electron chi connectivity index (χ2n) is 6.78. The van der Waals surface area contributed by atoms with Crippen LogP contribution in [0, 0.1) is 0 Å². The topological polar surface area (TPSA) is 84.5 Å². The molecule has 0 aliphatic rings. The molecule has 0 aliphatic carbocycles. The van der Waals surface area contributed by atoms with Gasteiger partial charge in [0.15, 0.2) is 0 Å². The van der Waals surface area contributed by atoms with Gasteiger partial charge in [0.05, 0.1) is 12.2 Å². The van der Waals surface area contributed by atoms with E-state index in [1.807, 2.05) is 30.3 Å². The van der Waals surface area contributed by atoms with Crippen molar-refractivity contribution in [2.75, 3.05) is 6.61 Å². The van der Waals surface area contributed by atoms with Crippen molar-refractivity contribution in [2.45, 2.75) is 38.8 Å². The summed E-state index contributed by atoms with van der Waals surface area (Å²) in [6.45, 7) is 6.40. The Bertz CT molecular complexity index is 865. The number of ether oxygens (including phenoxy) is 1. The molecule has 0 unspecified atom stereocenters. The Morgan fingerprint density at radius 3 is 2.47 bits per heavy atom. The van der Waals surface area contributed by atoms with E-state index in [4.69, 9.17) is 4.74 Å². The van der Waals surface area contributed by atoms with E-state index in [2.05, 4.69) is 24.1 Å². The Morgan fingerprint density at radius 2 is 1.77 bits per heavy atom. The van der Waals surface area contributed by atoms with Crippen LogP contribution < -0.4 is 15.4 Å². The molecule has 2 rings (SSSR count). The highest BCUT2D eigenvalue weighted by Gasteiger charge is 2.27. The number of benzene rings is 2. The number of unbranched alkanes of at least 4 members (excludes halogenated alkanes) is 1. The smallest absolute Gasteiger partial charge is 0.289 e. The van der Waals surface area contributed by atoms with E-state index >= 15 is 0 Å². The summed E-state index contributed by atoms with van der Waals surface area (Å²) in [5.41, 5.74) is 1.20. The van der Waals surface area contributed by atoms with Gasteiger partial charge in [0, 0.05) is 6.54 Å². The monoisotopic (exact) mass is 408 g/mol. The minimum Gasteiger partial charge on any atom is -0.493 e. The fourth-order valence-corrected chi connectivity index (χ4v) is 2.76. The molecule has 158 valence electrons. The Morgan fingerprint density at radius 1 is 1.07 bits per heavy atom. The Hall–Kier alpha value is -3.41. The van der Waals surface area contributed by atoms with Crippen LogP contribution in [0.15, 0.2) is 67.3 Å². The summed E-state index contributed by atoms with van der Waals surface area (Å²) in [6.07, 6.45) is 3.48. The summed E-state index contributed by atoms with van der Waals surface area (Å²) >= 11 is 0. The predicted octanol–water partition coefficient (Wildman–Crippen LogP) is 3.43. The van der Waals surface area contributed by atoms with Crippen LogP contribution in [-0.2, 0) is 16.1 Å². The average Bonchev–Trinajstić information content (AvgIpc) is 2.77. The van der Waals surface area contributed by atoms with Crippen LogP contribution in [0.3, 0.4) is 0 Å². The third kappa shape index (κ3) is 6.88. The zero-order valence-electron chi connectivity index (χ0n) is 17.2. The summed E-state index contributed by atoms with van der Waals surface area (Å²) in [6, 6.07) is 15.1. The van der Waals surface area contributed by atoms with E-state index in [1.165, 1.54) is 6.08 Å². The lowest BCUT2D eigenvalue weighted by Crippen LogP contribution is -2.47. The van der Waals surface area contributed by atoms with Gasteiger partial charge in [-0.1, -0.05) is 61.9 Å². The largest absolute Gasteiger partial charge is 0.493 e. The molecule has 0 saturated heterocycles. The number of hydrogen-bond donors (Lipinski definition) is 2. The number of carbonyl (C=O) groups excluding carboxylic acids is 3. The van der Waals surface area contributed by atoms with Crippen molar-refractivity contribution in [1.29, 1.82) is 0 Å². The zero-order chi connectivity index (χ0) is 21.8. The van der Waals surface area contributed by atoms with Crippen LogP contribution in [0.1, 0.15) is 42.1 Å². The Kier molecular flexibility index (Phi) is 9.31. The van der Waals surface area contributed by atoms with Crippen LogP contribution in [-0.4, -0.2) is 30.2 Å². The number of hydrogen-bond acceptors (Lipinski definition) is 4. The number of amides is 2. The molecule has 0 bridgehead atoms. The van der Waals surface area contributed by atoms with Gasteiger partial charge in [-0.05, 0) is 30.5 Å². The van der Waals surface area contributed by atoms with E-state index in [0.29, 0.717) is 17.9 Å². The van der Waals surface area contributed by atoms with Gasteiger partial charge in [0.1, 0.15) is 11.8 Å². The van der Waals surface area contributed by atoms with Crippen LogP contribution >= 0.6 is 0 Å². The van der Waals surface area contributed by atoms with E-state index in [0.717, 1.165) is 18.4 Å². The van der Waals surface area contributed by atoms with Crippen LogP contribution in [0.2, 0.25) is 0 Å². The van der Waals surface area contributed by atoms with Crippen molar-refractivity contribution in [1.82, 2.24) is 10.6 Å². The number of nitrogens with one attached hydrogen (secondary N) is 2. The molecule has 1 atom stereocenters. The molecular formula is C24H28N2O4. The number of para-hydroxylation sites is 1. The molecule has 30 heavy (non-hydrogen) atoms. The van der Waals surface area contributed by atoms with Crippen molar-refractivity contribution in [2.24, 2.45) is 0 Å². The normalized spacial score (nSPS) is 11.2. The molecule has 2 aromatic carbocycles. The number of ketones is 1. The quantitative estimate of drug-likeness (QED) is 0.320. The summed E-state index contributed by atoms with van der Waals surface area (Å²) in [7, 11) is 0. The molecule has 0 aromatic heterocycles. The second-order valence-corrected chi connectivity index (χ2v) is 6.78. The van der Waals surface area contributed by atoms with Crippen LogP contribution in [0.4, 0.5) is 0 Å². The van der Waals surface area contributed by atoms with Gasteiger partial charge in [-0.2, -0.15) is 0 Å². The Balaban J connectivity index is 2.03. The molecule has 2 N–H and O–H groups in total. The van der Waals surface area contributed by atoms with Gasteiger partial charge in [-0.25, -0.2) is 0 Å². The molecule has 0 saturated carbocycles.